The van der Waals surface area contributed by atoms with Gasteiger partial charge in [0.25, 0.3) is 0 Å². The number of benzene rings is 1. The molecule has 1 aromatic carbocycles. The minimum Gasteiger partial charge on any atom is -0.481 e. The molecule has 1 aliphatic heterocycles. The fourth-order valence-electron chi connectivity index (χ4n) is 5.97. The Hall–Kier alpha value is -2.63. The zero-order valence-corrected chi connectivity index (χ0v) is 18.0. The van der Waals surface area contributed by atoms with Gasteiger partial charge in [-0.1, -0.05) is 25.5 Å². The number of carboxylic acids is 1. The van der Waals surface area contributed by atoms with E-state index in [9.17, 15) is 19.5 Å². The molecule has 0 spiro atoms. The van der Waals surface area contributed by atoms with Gasteiger partial charge in [-0.2, -0.15) is 0 Å². The second-order valence-electron chi connectivity index (χ2n) is 9.67. The average Bonchev–Trinajstić information content (AvgIpc) is 3.51. The van der Waals surface area contributed by atoms with Crippen molar-refractivity contribution in [2.75, 3.05) is 6.54 Å². The van der Waals surface area contributed by atoms with Gasteiger partial charge in [0.15, 0.2) is 0 Å². The van der Waals surface area contributed by atoms with E-state index >= 15 is 0 Å². The smallest absolute Gasteiger partial charge is 0.307 e. The highest BCUT2D eigenvalue weighted by Gasteiger charge is 2.47. The van der Waals surface area contributed by atoms with Gasteiger partial charge >= 0.3 is 5.97 Å². The van der Waals surface area contributed by atoms with Crippen LogP contribution in [0.5, 0.6) is 0 Å². The van der Waals surface area contributed by atoms with Crippen molar-refractivity contribution in [2.24, 2.45) is 11.8 Å². The number of carbonyl (C=O) groups is 3. The molecule has 1 aromatic heterocycles. The number of likely N-dealkylation sites (tertiary alicyclic amines) is 1. The number of carboxylic acid groups (broad SMARTS) is 1. The molecule has 164 valence electrons. The van der Waals surface area contributed by atoms with Gasteiger partial charge in [-0.3, -0.25) is 14.4 Å². The molecule has 5 rings (SSSR count). The standard InChI is InChI=1S/C25H30N2O4/c1-14(18-13-26-19-6-2-4-16(23(18)19)15-8-9-15)12-22(29)27-11-10-21(28)24-17(25(30)31)5-3-7-20(24)27/h2,4,6,13-15,17,20,24,26H,3,5,7-12H2,1H3,(H,30,31). The summed E-state index contributed by atoms with van der Waals surface area (Å²) < 4.78 is 0. The number of fused-ring (bicyclic) bond motifs is 2. The van der Waals surface area contributed by atoms with Gasteiger partial charge in [-0.15, -0.1) is 0 Å². The molecule has 6 nitrogen and oxygen atoms in total. The molecule has 3 aliphatic rings. The maximum absolute atomic E-state index is 13.4. The number of carbonyl (C=O) groups excluding carboxylic acids is 2. The topological polar surface area (TPSA) is 90.5 Å². The molecule has 4 unspecified atom stereocenters. The monoisotopic (exact) mass is 422 g/mol. The van der Waals surface area contributed by atoms with Gasteiger partial charge in [0.2, 0.25) is 5.91 Å². The summed E-state index contributed by atoms with van der Waals surface area (Å²) in [4.78, 5) is 42.9. The van der Waals surface area contributed by atoms with Crippen LogP contribution in [0.25, 0.3) is 10.9 Å². The quantitative estimate of drug-likeness (QED) is 0.755. The van der Waals surface area contributed by atoms with Crippen LogP contribution in [0.1, 0.15) is 74.8 Å². The van der Waals surface area contributed by atoms with Gasteiger partial charge in [-0.05, 0) is 54.7 Å². The molecule has 2 saturated carbocycles. The third kappa shape index (κ3) is 3.56. The van der Waals surface area contributed by atoms with Crippen molar-refractivity contribution in [3.63, 3.8) is 0 Å². The summed E-state index contributed by atoms with van der Waals surface area (Å²) in [5, 5.41) is 10.9. The molecule has 2 aliphatic carbocycles. The molecule has 31 heavy (non-hydrogen) atoms. The fraction of sp³-hybridized carbons (Fsp3) is 0.560. The first-order chi connectivity index (χ1) is 15.0. The van der Waals surface area contributed by atoms with E-state index in [1.807, 2.05) is 11.1 Å². The third-order valence-electron chi connectivity index (χ3n) is 7.67. The molecule has 1 amide bonds. The maximum atomic E-state index is 13.4. The maximum Gasteiger partial charge on any atom is 0.307 e. The molecule has 1 saturated heterocycles. The van der Waals surface area contributed by atoms with Crippen LogP contribution in [0.4, 0.5) is 0 Å². The van der Waals surface area contributed by atoms with Crippen LogP contribution in [0.2, 0.25) is 0 Å². The lowest BCUT2D eigenvalue weighted by atomic mass is 9.70. The van der Waals surface area contributed by atoms with Crippen molar-refractivity contribution >= 4 is 28.6 Å². The third-order valence-corrected chi connectivity index (χ3v) is 7.67. The zero-order valence-electron chi connectivity index (χ0n) is 18.0. The largest absolute Gasteiger partial charge is 0.481 e. The summed E-state index contributed by atoms with van der Waals surface area (Å²) in [6, 6.07) is 6.13. The first kappa shape index (κ1) is 20.3. The number of H-pyrrole nitrogens is 1. The molecular weight excluding hydrogens is 392 g/mol. The number of piperidine rings is 1. The summed E-state index contributed by atoms with van der Waals surface area (Å²) in [7, 11) is 0. The number of hydrogen-bond acceptors (Lipinski definition) is 3. The lowest BCUT2D eigenvalue weighted by Gasteiger charge is -2.45. The van der Waals surface area contributed by atoms with Crippen LogP contribution >= 0.6 is 0 Å². The highest BCUT2D eigenvalue weighted by molar-refractivity contribution is 5.91. The highest BCUT2D eigenvalue weighted by Crippen LogP contribution is 2.45. The van der Waals surface area contributed by atoms with Crippen molar-refractivity contribution in [1.82, 2.24) is 9.88 Å². The first-order valence-corrected chi connectivity index (χ1v) is 11.6. The van der Waals surface area contributed by atoms with Gasteiger partial charge in [0.05, 0.1) is 11.8 Å². The second kappa shape index (κ2) is 7.81. The van der Waals surface area contributed by atoms with E-state index in [0.717, 1.165) is 18.4 Å². The van der Waals surface area contributed by atoms with E-state index in [4.69, 9.17) is 0 Å². The van der Waals surface area contributed by atoms with E-state index in [-0.39, 0.29) is 30.1 Å². The second-order valence-corrected chi connectivity index (χ2v) is 9.67. The zero-order chi connectivity index (χ0) is 21.7. The van der Waals surface area contributed by atoms with Crippen molar-refractivity contribution in [3.8, 4) is 0 Å². The average molecular weight is 423 g/mol. The number of amides is 1. The minimum atomic E-state index is -0.905. The predicted octanol–water partition coefficient (Wildman–Crippen LogP) is 4.21. The SMILES string of the molecule is CC(CC(=O)N1CCC(=O)C2C(C(=O)O)CCCC21)c1c[nH]c2cccc(C3CC3)c12. The molecular formula is C25H30N2O4. The first-order valence-electron chi connectivity index (χ1n) is 11.6. The van der Waals surface area contributed by atoms with Crippen molar-refractivity contribution in [2.45, 2.75) is 69.7 Å². The van der Waals surface area contributed by atoms with Crippen LogP contribution in [0.3, 0.4) is 0 Å². The lowest BCUT2D eigenvalue weighted by Crippen LogP contribution is -2.57. The Kier molecular flexibility index (Phi) is 5.11. The summed E-state index contributed by atoms with van der Waals surface area (Å²) in [6.45, 7) is 2.51. The highest BCUT2D eigenvalue weighted by atomic mass is 16.4. The number of aromatic nitrogens is 1. The van der Waals surface area contributed by atoms with Crippen molar-refractivity contribution in [1.29, 1.82) is 0 Å². The van der Waals surface area contributed by atoms with Crippen molar-refractivity contribution < 1.29 is 19.5 Å². The number of ketones is 1. The van der Waals surface area contributed by atoms with E-state index in [1.165, 1.54) is 29.4 Å². The van der Waals surface area contributed by atoms with Crippen molar-refractivity contribution in [3.05, 3.63) is 35.5 Å². The summed E-state index contributed by atoms with van der Waals surface area (Å²) >= 11 is 0. The van der Waals surface area contributed by atoms with E-state index < -0.39 is 17.8 Å². The van der Waals surface area contributed by atoms with Gasteiger partial charge in [-0.25, -0.2) is 0 Å². The van der Waals surface area contributed by atoms with Crippen LogP contribution in [-0.2, 0) is 14.4 Å². The number of hydrogen-bond donors (Lipinski definition) is 2. The summed E-state index contributed by atoms with van der Waals surface area (Å²) in [6.07, 6.45) is 7.14. The number of aliphatic carboxylic acids is 1. The molecule has 2 heterocycles. The van der Waals surface area contributed by atoms with E-state index in [0.29, 0.717) is 25.3 Å². The van der Waals surface area contributed by atoms with Crippen LogP contribution in [0.15, 0.2) is 24.4 Å². The molecule has 0 radical (unpaired) electrons. The number of rotatable bonds is 5. The minimum absolute atomic E-state index is 0.0138. The number of nitrogens with zero attached hydrogens (tertiary/aromatic N) is 1. The summed E-state index contributed by atoms with van der Waals surface area (Å²) in [5.41, 5.74) is 3.69. The number of Topliss-reactive ketones (excluding diaryl/α,β-unsaturated/α-hetero) is 1. The molecule has 2 N–H and O–H groups in total. The van der Waals surface area contributed by atoms with Crippen LogP contribution < -0.4 is 0 Å². The van der Waals surface area contributed by atoms with Gasteiger partial charge in [0.1, 0.15) is 5.78 Å². The Morgan fingerprint density at radius 2 is 2.03 bits per heavy atom. The molecule has 4 atom stereocenters. The molecule has 6 heteroatoms. The normalized spacial score (nSPS) is 27.2. The van der Waals surface area contributed by atoms with Crippen LogP contribution in [-0.4, -0.2) is 45.2 Å². The lowest BCUT2D eigenvalue weighted by molar-refractivity contribution is -0.157. The van der Waals surface area contributed by atoms with Gasteiger partial charge in [0, 0.05) is 42.5 Å². The van der Waals surface area contributed by atoms with E-state index in [2.05, 4.69) is 30.1 Å². The van der Waals surface area contributed by atoms with Gasteiger partial charge < -0.3 is 15.0 Å². The Morgan fingerprint density at radius 3 is 2.77 bits per heavy atom. The Morgan fingerprint density at radius 1 is 1.23 bits per heavy atom. The number of nitrogens with one attached hydrogen (secondary N) is 1. The summed E-state index contributed by atoms with van der Waals surface area (Å²) in [5.74, 6) is -1.37. The molecule has 0 bridgehead atoms. The molecule has 3 fully saturated rings. The Balaban J connectivity index is 1.37. The van der Waals surface area contributed by atoms with E-state index in [1.54, 1.807) is 0 Å². The predicted molar refractivity (Wildman–Crippen MR) is 117 cm³/mol. The fourth-order valence-corrected chi connectivity index (χ4v) is 5.97. The number of aromatic amines is 1. The molecule has 2 aromatic rings. The van der Waals surface area contributed by atoms with Crippen LogP contribution in [0, 0.1) is 11.8 Å². The Labute approximate surface area is 182 Å². The Bertz CT molecular complexity index is 1040.